The van der Waals surface area contributed by atoms with Crippen LogP contribution in [-0.4, -0.2) is 59.5 Å². The molecule has 0 bridgehead atoms. The number of benzene rings is 1. The van der Waals surface area contributed by atoms with Gasteiger partial charge in [-0.25, -0.2) is 9.67 Å². The fraction of sp³-hybridized carbons (Fsp3) is 0.227. The van der Waals surface area contributed by atoms with E-state index < -0.39 is 36.3 Å². The van der Waals surface area contributed by atoms with Crippen molar-refractivity contribution < 1.29 is 31.5 Å². The monoisotopic (exact) mass is 637 g/mol. The van der Waals surface area contributed by atoms with Crippen molar-refractivity contribution in [3.63, 3.8) is 0 Å². The molecule has 1 aromatic carbocycles. The normalized spacial score (nSPS) is 11.9. The first kappa shape index (κ1) is 30.1. The lowest BCUT2D eigenvalue weighted by Crippen LogP contribution is -2.35. The number of pyridine rings is 1. The van der Waals surface area contributed by atoms with Crippen molar-refractivity contribution in [3.05, 3.63) is 74.4 Å². The third kappa shape index (κ3) is 6.23. The lowest BCUT2D eigenvalue weighted by Gasteiger charge is -2.14. The van der Waals surface area contributed by atoms with Gasteiger partial charge in [-0.1, -0.05) is 34.8 Å². The summed E-state index contributed by atoms with van der Waals surface area (Å²) >= 11 is 18.5. The van der Waals surface area contributed by atoms with Gasteiger partial charge in [0.05, 0.1) is 27.0 Å². The standard InChI is InChI=1S/C22H15Cl3F5N9O2/c1-2-31-18(40)12-6-10(23)7-14(25)16(12)33-19(41)15-8-11(35-39(15)17-13(24)4-3-5-32-17)9-38-36-20(34-37-38)21(26,27)22(28,29)30/h3-8H,2,9H2,1H3,(H,31,40)(H,33,41). The van der Waals surface area contributed by atoms with Crippen molar-refractivity contribution in [2.45, 2.75) is 25.6 Å². The van der Waals surface area contributed by atoms with Gasteiger partial charge in [-0.05, 0) is 42.5 Å². The predicted octanol–water partition coefficient (Wildman–Crippen LogP) is 4.92. The second-order valence-corrected chi connectivity index (χ2v) is 9.33. The summed E-state index contributed by atoms with van der Waals surface area (Å²) in [5.74, 6) is -8.72. The van der Waals surface area contributed by atoms with Crippen LogP contribution in [0.1, 0.15) is 39.3 Å². The molecular weight excluding hydrogens is 624 g/mol. The molecule has 4 rings (SSSR count). The van der Waals surface area contributed by atoms with Gasteiger partial charge in [-0.3, -0.25) is 9.59 Å². The smallest absolute Gasteiger partial charge is 0.352 e. The van der Waals surface area contributed by atoms with Crippen LogP contribution >= 0.6 is 34.8 Å². The predicted molar refractivity (Wildman–Crippen MR) is 136 cm³/mol. The Balaban J connectivity index is 1.73. The average Bonchev–Trinajstić information content (AvgIpc) is 3.53. The Bertz CT molecular complexity index is 1620. The number of amides is 2. The molecule has 2 N–H and O–H groups in total. The first-order valence-electron chi connectivity index (χ1n) is 11.2. The molecule has 3 heterocycles. The molecule has 2 amide bonds. The minimum Gasteiger partial charge on any atom is -0.352 e. The molecule has 3 aromatic heterocycles. The Morgan fingerprint density at radius 3 is 2.39 bits per heavy atom. The molecule has 0 atom stereocenters. The van der Waals surface area contributed by atoms with Gasteiger partial charge in [0.15, 0.2) is 5.82 Å². The molecule has 0 aliphatic rings. The van der Waals surface area contributed by atoms with E-state index in [1.54, 1.807) is 6.92 Å². The molecule has 216 valence electrons. The number of halogens is 8. The van der Waals surface area contributed by atoms with Crippen LogP contribution in [0.5, 0.6) is 0 Å². The molecule has 4 aromatic rings. The number of anilines is 1. The van der Waals surface area contributed by atoms with E-state index in [1.165, 1.54) is 30.5 Å². The molecule has 0 aliphatic carbocycles. The van der Waals surface area contributed by atoms with Crippen LogP contribution in [0.25, 0.3) is 5.82 Å². The molecule has 0 fully saturated rings. The third-order valence-electron chi connectivity index (χ3n) is 5.20. The zero-order valence-corrected chi connectivity index (χ0v) is 22.6. The number of carbonyl (C=O) groups excluding carboxylic acids is 2. The van der Waals surface area contributed by atoms with Gasteiger partial charge in [0.25, 0.3) is 17.6 Å². The highest BCUT2D eigenvalue weighted by Gasteiger charge is 2.62. The zero-order valence-electron chi connectivity index (χ0n) is 20.3. The summed E-state index contributed by atoms with van der Waals surface area (Å²) in [6.45, 7) is 1.36. The molecule has 0 unspecified atom stereocenters. The van der Waals surface area contributed by atoms with Crippen LogP contribution in [0.4, 0.5) is 27.6 Å². The van der Waals surface area contributed by atoms with E-state index in [1.807, 2.05) is 0 Å². The highest BCUT2D eigenvalue weighted by atomic mass is 35.5. The highest BCUT2D eigenvalue weighted by molar-refractivity contribution is 6.38. The molecule has 11 nitrogen and oxygen atoms in total. The Morgan fingerprint density at radius 2 is 1.73 bits per heavy atom. The van der Waals surface area contributed by atoms with Gasteiger partial charge >= 0.3 is 12.1 Å². The Morgan fingerprint density at radius 1 is 1.00 bits per heavy atom. The molecule has 0 saturated carbocycles. The third-order valence-corrected chi connectivity index (χ3v) is 6.01. The van der Waals surface area contributed by atoms with Crippen LogP contribution in [0.3, 0.4) is 0 Å². The summed E-state index contributed by atoms with van der Waals surface area (Å²) < 4.78 is 66.3. The molecule has 0 spiro atoms. The van der Waals surface area contributed by atoms with E-state index in [9.17, 15) is 31.5 Å². The Kier molecular flexibility index (Phi) is 8.46. The average molecular weight is 639 g/mol. The summed E-state index contributed by atoms with van der Waals surface area (Å²) in [5.41, 5.74) is -0.466. The first-order chi connectivity index (χ1) is 19.2. The van der Waals surface area contributed by atoms with Gasteiger partial charge in [0, 0.05) is 17.8 Å². The molecule has 0 radical (unpaired) electrons. The van der Waals surface area contributed by atoms with E-state index in [0.29, 0.717) is 4.80 Å². The number of nitrogens with one attached hydrogen (secondary N) is 2. The van der Waals surface area contributed by atoms with Crippen LogP contribution < -0.4 is 10.6 Å². The zero-order chi connectivity index (χ0) is 30.1. The summed E-state index contributed by atoms with van der Waals surface area (Å²) in [6, 6.07) is 6.69. The minimum atomic E-state index is -5.95. The molecular formula is C22H15Cl3F5N9O2. The maximum absolute atomic E-state index is 13.6. The lowest BCUT2D eigenvalue weighted by molar-refractivity contribution is -0.292. The van der Waals surface area contributed by atoms with Gasteiger partial charge in [-0.15, -0.1) is 10.2 Å². The van der Waals surface area contributed by atoms with Crippen molar-refractivity contribution in [1.82, 2.24) is 40.3 Å². The fourth-order valence-corrected chi connectivity index (χ4v) is 4.13. The topological polar surface area (TPSA) is 133 Å². The number of nitrogens with zero attached hydrogens (tertiary/aromatic N) is 7. The SMILES string of the molecule is CCNC(=O)c1cc(Cl)cc(Cl)c1NC(=O)c1cc(Cn2nnc(C(F)(F)C(F)(F)F)n2)nn1-c1ncccc1Cl. The van der Waals surface area contributed by atoms with Crippen molar-refractivity contribution in [1.29, 1.82) is 0 Å². The lowest BCUT2D eigenvalue weighted by atomic mass is 10.1. The van der Waals surface area contributed by atoms with E-state index in [0.717, 1.165) is 10.7 Å². The van der Waals surface area contributed by atoms with Crippen molar-refractivity contribution >= 4 is 52.3 Å². The van der Waals surface area contributed by atoms with Gasteiger partial charge in [-0.2, -0.15) is 31.8 Å². The molecule has 19 heteroatoms. The van der Waals surface area contributed by atoms with Crippen LogP contribution in [0, 0.1) is 0 Å². The van der Waals surface area contributed by atoms with Crippen molar-refractivity contribution in [3.8, 4) is 5.82 Å². The summed E-state index contributed by atoms with van der Waals surface area (Å²) in [6.07, 6.45) is -4.60. The second-order valence-electron chi connectivity index (χ2n) is 8.08. The Hall–Kier alpha value is -3.89. The largest absolute Gasteiger partial charge is 0.461 e. The van der Waals surface area contributed by atoms with Crippen LogP contribution in [0.15, 0.2) is 36.5 Å². The van der Waals surface area contributed by atoms with E-state index in [4.69, 9.17) is 34.8 Å². The fourth-order valence-electron chi connectivity index (χ4n) is 3.38. The van der Waals surface area contributed by atoms with Crippen molar-refractivity contribution in [2.24, 2.45) is 0 Å². The number of carbonyl (C=O) groups is 2. The number of aromatic nitrogens is 7. The van der Waals surface area contributed by atoms with E-state index >= 15 is 0 Å². The highest BCUT2D eigenvalue weighted by Crippen LogP contribution is 2.42. The molecule has 41 heavy (non-hydrogen) atoms. The maximum Gasteiger partial charge on any atom is 0.461 e. The minimum absolute atomic E-state index is 0.0347. The van der Waals surface area contributed by atoms with Gasteiger partial charge in [0.1, 0.15) is 12.2 Å². The van der Waals surface area contributed by atoms with Gasteiger partial charge in [0.2, 0.25) is 0 Å². The number of alkyl halides is 5. The number of hydrogen-bond donors (Lipinski definition) is 2. The van der Waals surface area contributed by atoms with Crippen molar-refractivity contribution in [2.75, 3.05) is 11.9 Å². The number of rotatable bonds is 8. The number of hydrogen-bond acceptors (Lipinski definition) is 7. The quantitative estimate of drug-likeness (QED) is 0.262. The van der Waals surface area contributed by atoms with Crippen LogP contribution in [0.2, 0.25) is 15.1 Å². The Labute approximate surface area is 241 Å². The van der Waals surface area contributed by atoms with Crippen LogP contribution in [-0.2, 0) is 12.5 Å². The first-order valence-corrected chi connectivity index (χ1v) is 12.4. The summed E-state index contributed by atoms with van der Waals surface area (Å²) in [5, 5.41) is 18.5. The second kappa shape index (κ2) is 11.5. The van der Waals surface area contributed by atoms with E-state index in [2.05, 4.69) is 36.1 Å². The van der Waals surface area contributed by atoms with E-state index in [-0.39, 0.29) is 50.1 Å². The molecule has 0 saturated heterocycles. The summed E-state index contributed by atoms with van der Waals surface area (Å²) in [4.78, 5) is 30.6. The molecule has 0 aliphatic heterocycles. The van der Waals surface area contributed by atoms with Gasteiger partial charge < -0.3 is 10.6 Å². The summed E-state index contributed by atoms with van der Waals surface area (Å²) in [7, 11) is 0. The number of tetrazole rings is 1. The maximum atomic E-state index is 13.6.